The Morgan fingerprint density at radius 3 is 2.42 bits per heavy atom. The molecule has 0 aromatic carbocycles. The third-order valence-corrected chi connectivity index (χ3v) is 2.86. The van der Waals surface area contributed by atoms with Gasteiger partial charge >= 0.3 is 5.97 Å². The summed E-state index contributed by atoms with van der Waals surface area (Å²) >= 11 is 0. The Morgan fingerprint density at radius 2 is 2.08 bits per heavy atom. The van der Waals surface area contributed by atoms with Crippen LogP contribution in [-0.2, 0) is 4.79 Å². The molecular formula is C9H15NO2. The zero-order valence-electron chi connectivity index (χ0n) is 7.34. The summed E-state index contributed by atoms with van der Waals surface area (Å²) in [6.07, 6.45) is 3.92. The van der Waals surface area contributed by atoms with Gasteiger partial charge in [-0.2, -0.15) is 0 Å². The summed E-state index contributed by atoms with van der Waals surface area (Å²) in [5.74, 6) is -0.0835. The molecule has 0 saturated heterocycles. The second-order valence-corrected chi connectivity index (χ2v) is 4.32. The molecule has 0 bridgehead atoms. The molecule has 0 unspecified atom stereocenters. The van der Waals surface area contributed by atoms with E-state index < -0.39 is 11.5 Å². The van der Waals surface area contributed by atoms with Crippen LogP contribution in [-0.4, -0.2) is 22.7 Å². The quantitative estimate of drug-likeness (QED) is 0.662. The van der Waals surface area contributed by atoms with Crippen molar-refractivity contribution in [2.45, 2.75) is 44.2 Å². The van der Waals surface area contributed by atoms with Crippen molar-refractivity contribution in [2.24, 2.45) is 5.92 Å². The van der Waals surface area contributed by atoms with Crippen LogP contribution < -0.4 is 5.32 Å². The van der Waals surface area contributed by atoms with Crippen molar-refractivity contribution < 1.29 is 9.90 Å². The molecule has 0 aliphatic heterocycles. The zero-order chi connectivity index (χ0) is 8.77. The lowest BCUT2D eigenvalue weighted by Gasteiger charge is -2.43. The number of carboxylic acid groups (broad SMARTS) is 1. The fraction of sp³-hybridized carbons (Fsp3) is 0.889. The number of carboxylic acids is 1. The monoisotopic (exact) mass is 169 g/mol. The van der Waals surface area contributed by atoms with Crippen LogP contribution >= 0.6 is 0 Å². The number of aliphatic carboxylic acids is 1. The van der Waals surface area contributed by atoms with Crippen LogP contribution in [0.4, 0.5) is 0 Å². The van der Waals surface area contributed by atoms with Crippen LogP contribution in [0.15, 0.2) is 0 Å². The standard InChI is InChI=1S/C9H15NO2/c1-6-4-9(5-6,8(11)12)10-7-2-3-7/h6-7,10H,2-5H2,1H3,(H,11,12). The molecule has 2 rings (SSSR count). The number of hydrogen-bond donors (Lipinski definition) is 2. The van der Waals surface area contributed by atoms with E-state index in [0.717, 1.165) is 25.7 Å². The first-order valence-electron chi connectivity index (χ1n) is 4.63. The maximum atomic E-state index is 10.9. The van der Waals surface area contributed by atoms with Crippen molar-refractivity contribution in [3.63, 3.8) is 0 Å². The molecule has 0 amide bonds. The van der Waals surface area contributed by atoms with Gasteiger partial charge in [0.2, 0.25) is 0 Å². The highest BCUT2D eigenvalue weighted by Crippen LogP contribution is 2.40. The first-order chi connectivity index (χ1) is 5.62. The van der Waals surface area contributed by atoms with E-state index in [1.807, 2.05) is 0 Å². The Hall–Kier alpha value is -0.570. The SMILES string of the molecule is CC1CC(NC2CC2)(C(=O)O)C1. The molecule has 2 N–H and O–H groups in total. The Labute approximate surface area is 72.2 Å². The summed E-state index contributed by atoms with van der Waals surface area (Å²) < 4.78 is 0. The second-order valence-electron chi connectivity index (χ2n) is 4.32. The van der Waals surface area contributed by atoms with Gasteiger partial charge in [0.05, 0.1) is 0 Å². The molecule has 0 aromatic heterocycles. The van der Waals surface area contributed by atoms with E-state index in [9.17, 15) is 4.79 Å². The Bertz CT molecular complexity index is 205. The highest BCUT2D eigenvalue weighted by Gasteiger charge is 2.50. The van der Waals surface area contributed by atoms with E-state index in [4.69, 9.17) is 5.11 Å². The topological polar surface area (TPSA) is 49.3 Å². The van der Waals surface area contributed by atoms with Gasteiger partial charge in [-0.3, -0.25) is 10.1 Å². The lowest BCUT2D eigenvalue weighted by atomic mass is 9.69. The van der Waals surface area contributed by atoms with E-state index in [2.05, 4.69) is 12.2 Å². The van der Waals surface area contributed by atoms with E-state index >= 15 is 0 Å². The molecule has 2 fully saturated rings. The number of nitrogens with one attached hydrogen (secondary N) is 1. The molecule has 0 spiro atoms. The second kappa shape index (κ2) is 2.46. The minimum Gasteiger partial charge on any atom is -0.480 e. The van der Waals surface area contributed by atoms with Crippen LogP contribution in [0.5, 0.6) is 0 Å². The van der Waals surface area contributed by atoms with Crippen molar-refractivity contribution in [1.29, 1.82) is 0 Å². The Morgan fingerprint density at radius 1 is 1.50 bits per heavy atom. The van der Waals surface area contributed by atoms with Crippen LogP contribution in [0.1, 0.15) is 32.6 Å². The largest absolute Gasteiger partial charge is 0.480 e. The van der Waals surface area contributed by atoms with Gasteiger partial charge in [-0.25, -0.2) is 0 Å². The summed E-state index contributed by atoms with van der Waals surface area (Å²) in [6.45, 7) is 2.11. The molecule has 0 heterocycles. The van der Waals surface area contributed by atoms with Gasteiger partial charge in [0.15, 0.2) is 0 Å². The average Bonchev–Trinajstić information content (AvgIpc) is 2.67. The fourth-order valence-electron chi connectivity index (χ4n) is 2.10. The number of hydrogen-bond acceptors (Lipinski definition) is 2. The third-order valence-electron chi connectivity index (χ3n) is 2.86. The summed E-state index contributed by atoms with van der Waals surface area (Å²) in [5, 5.41) is 12.2. The maximum Gasteiger partial charge on any atom is 0.323 e. The van der Waals surface area contributed by atoms with Crippen molar-refractivity contribution in [2.75, 3.05) is 0 Å². The lowest BCUT2D eigenvalue weighted by Crippen LogP contribution is -2.60. The Kier molecular flexibility index (Phi) is 1.65. The van der Waals surface area contributed by atoms with Crippen molar-refractivity contribution in [3.8, 4) is 0 Å². The summed E-state index contributed by atoms with van der Waals surface area (Å²) in [5.41, 5.74) is -0.555. The third kappa shape index (κ3) is 1.22. The van der Waals surface area contributed by atoms with Crippen molar-refractivity contribution in [1.82, 2.24) is 5.32 Å². The molecule has 2 aliphatic carbocycles. The van der Waals surface area contributed by atoms with Gasteiger partial charge in [-0.05, 0) is 31.6 Å². The molecule has 2 saturated carbocycles. The Balaban J connectivity index is 1.97. The predicted octanol–water partition coefficient (Wildman–Crippen LogP) is 0.992. The molecule has 0 aromatic rings. The molecule has 68 valence electrons. The van der Waals surface area contributed by atoms with Gasteiger partial charge in [0.25, 0.3) is 0 Å². The maximum absolute atomic E-state index is 10.9. The molecule has 3 heteroatoms. The zero-order valence-corrected chi connectivity index (χ0v) is 7.34. The minimum atomic E-state index is -0.660. The molecular weight excluding hydrogens is 154 g/mol. The van der Waals surface area contributed by atoms with Gasteiger partial charge in [0.1, 0.15) is 5.54 Å². The van der Waals surface area contributed by atoms with Gasteiger partial charge in [-0.1, -0.05) is 6.92 Å². The fourth-order valence-corrected chi connectivity index (χ4v) is 2.10. The molecule has 0 radical (unpaired) electrons. The molecule has 0 atom stereocenters. The van der Waals surface area contributed by atoms with E-state index in [1.54, 1.807) is 0 Å². The highest BCUT2D eigenvalue weighted by molar-refractivity contribution is 5.80. The molecule has 3 nitrogen and oxygen atoms in total. The summed E-state index contributed by atoms with van der Waals surface area (Å²) in [7, 11) is 0. The summed E-state index contributed by atoms with van der Waals surface area (Å²) in [6, 6.07) is 0.494. The number of carbonyl (C=O) groups is 1. The predicted molar refractivity (Wildman–Crippen MR) is 44.9 cm³/mol. The van der Waals surface area contributed by atoms with Gasteiger partial charge in [-0.15, -0.1) is 0 Å². The van der Waals surface area contributed by atoms with E-state index in [1.165, 1.54) is 0 Å². The summed E-state index contributed by atoms with van der Waals surface area (Å²) in [4.78, 5) is 10.9. The molecule has 12 heavy (non-hydrogen) atoms. The minimum absolute atomic E-state index is 0.494. The first kappa shape index (κ1) is 8.05. The van der Waals surface area contributed by atoms with E-state index in [0.29, 0.717) is 12.0 Å². The average molecular weight is 169 g/mol. The number of rotatable bonds is 3. The first-order valence-corrected chi connectivity index (χ1v) is 4.63. The van der Waals surface area contributed by atoms with Gasteiger partial charge in [0, 0.05) is 6.04 Å². The van der Waals surface area contributed by atoms with Crippen molar-refractivity contribution in [3.05, 3.63) is 0 Å². The van der Waals surface area contributed by atoms with E-state index in [-0.39, 0.29) is 0 Å². The highest BCUT2D eigenvalue weighted by atomic mass is 16.4. The van der Waals surface area contributed by atoms with Gasteiger partial charge < -0.3 is 5.11 Å². The van der Waals surface area contributed by atoms with Crippen LogP contribution in [0.25, 0.3) is 0 Å². The normalized spacial score (nSPS) is 40.6. The lowest BCUT2D eigenvalue weighted by molar-refractivity contribution is -0.151. The van der Waals surface area contributed by atoms with Crippen LogP contribution in [0.2, 0.25) is 0 Å². The van der Waals surface area contributed by atoms with Crippen LogP contribution in [0, 0.1) is 5.92 Å². The van der Waals surface area contributed by atoms with Crippen LogP contribution in [0.3, 0.4) is 0 Å². The van der Waals surface area contributed by atoms with Crippen molar-refractivity contribution >= 4 is 5.97 Å². The molecule has 2 aliphatic rings. The smallest absolute Gasteiger partial charge is 0.323 e.